The van der Waals surface area contributed by atoms with Crippen LogP contribution in [0.1, 0.15) is 32.1 Å². The molecule has 0 aromatic carbocycles. The summed E-state index contributed by atoms with van der Waals surface area (Å²) in [6.45, 7) is 8.17. The molecule has 1 N–H and O–H groups in total. The predicted molar refractivity (Wildman–Crippen MR) is 97.5 cm³/mol. The lowest BCUT2D eigenvalue weighted by molar-refractivity contribution is -0.139. The van der Waals surface area contributed by atoms with E-state index in [4.69, 9.17) is 4.74 Å². The monoisotopic (exact) mass is 350 g/mol. The van der Waals surface area contributed by atoms with Crippen molar-refractivity contribution < 1.29 is 9.53 Å². The number of likely N-dealkylation sites (tertiary alicyclic amines) is 1. The molecule has 6 heteroatoms. The van der Waals surface area contributed by atoms with Crippen molar-refractivity contribution in [2.45, 2.75) is 50.2 Å². The lowest BCUT2D eigenvalue weighted by Crippen LogP contribution is -2.58. The number of hydrogen-bond acceptors (Lipinski definition) is 5. The number of nitrogens with zero attached hydrogens (tertiary/aromatic N) is 3. The number of piperazine rings is 1. The number of hydrogen-bond donors (Lipinski definition) is 1. The van der Waals surface area contributed by atoms with Crippen molar-refractivity contribution in [1.29, 1.82) is 0 Å². The van der Waals surface area contributed by atoms with Gasteiger partial charge in [0.1, 0.15) is 0 Å². The van der Waals surface area contributed by atoms with E-state index < -0.39 is 0 Å². The maximum atomic E-state index is 12.4. The lowest BCUT2D eigenvalue weighted by Gasteiger charge is -2.40. The molecule has 0 bridgehead atoms. The van der Waals surface area contributed by atoms with Crippen LogP contribution in [-0.4, -0.2) is 98.3 Å². The van der Waals surface area contributed by atoms with Crippen molar-refractivity contribution in [3.63, 3.8) is 0 Å². The highest BCUT2D eigenvalue weighted by Crippen LogP contribution is 2.29. The van der Waals surface area contributed by atoms with Crippen LogP contribution in [0.15, 0.2) is 0 Å². The number of amides is 1. The Balaban J connectivity index is 1.24. The van der Waals surface area contributed by atoms with Crippen molar-refractivity contribution in [3.8, 4) is 0 Å². The summed E-state index contributed by atoms with van der Waals surface area (Å²) in [5.74, 6) is 0.763. The van der Waals surface area contributed by atoms with E-state index in [1.54, 1.807) is 0 Å². The van der Waals surface area contributed by atoms with Crippen LogP contribution in [0.2, 0.25) is 0 Å². The van der Waals surface area contributed by atoms with Crippen molar-refractivity contribution >= 4 is 5.91 Å². The summed E-state index contributed by atoms with van der Waals surface area (Å²) < 4.78 is 5.82. The molecule has 1 amide bonds. The molecule has 0 aromatic rings. The van der Waals surface area contributed by atoms with Gasteiger partial charge in [0.2, 0.25) is 5.91 Å². The smallest absolute Gasteiger partial charge is 0.225 e. The van der Waals surface area contributed by atoms with Gasteiger partial charge in [0, 0.05) is 57.3 Å². The minimum Gasteiger partial charge on any atom is -0.378 e. The van der Waals surface area contributed by atoms with E-state index in [1.165, 1.54) is 6.42 Å². The maximum absolute atomic E-state index is 12.4. The van der Waals surface area contributed by atoms with E-state index in [9.17, 15) is 4.79 Å². The molecule has 0 unspecified atom stereocenters. The Labute approximate surface area is 151 Å². The Morgan fingerprint density at radius 2 is 1.68 bits per heavy atom. The van der Waals surface area contributed by atoms with Gasteiger partial charge in [-0.25, -0.2) is 0 Å². The normalized spacial score (nSPS) is 33.6. The Hall–Kier alpha value is -0.690. The third-order valence-corrected chi connectivity index (χ3v) is 6.77. The number of likely N-dealkylation sites (N-methyl/N-ethyl adjacent to an activating group) is 1. The molecule has 4 fully saturated rings. The Morgan fingerprint density at radius 1 is 0.960 bits per heavy atom. The summed E-state index contributed by atoms with van der Waals surface area (Å²) >= 11 is 0. The van der Waals surface area contributed by atoms with Crippen molar-refractivity contribution in [3.05, 3.63) is 0 Å². The Morgan fingerprint density at radius 3 is 2.32 bits per heavy atom. The first kappa shape index (κ1) is 17.7. The van der Waals surface area contributed by atoms with Gasteiger partial charge in [0.15, 0.2) is 0 Å². The van der Waals surface area contributed by atoms with Gasteiger partial charge < -0.3 is 19.9 Å². The molecule has 0 aromatic heterocycles. The molecule has 1 saturated carbocycles. The molecule has 3 aliphatic heterocycles. The van der Waals surface area contributed by atoms with Gasteiger partial charge >= 0.3 is 0 Å². The fourth-order valence-electron chi connectivity index (χ4n) is 4.70. The molecule has 6 nitrogen and oxygen atoms in total. The number of ether oxygens (including phenoxy) is 1. The number of nitrogens with one attached hydrogen (secondary N) is 1. The largest absolute Gasteiger partial charge is 0.378 e. The molecule has 25 heavy (non-hydrogen) atoms. The van der Waals surface area contributed by atoms with Crippen LogP contribution in [0.5, 0.6) is 0 Å². The fourth-order valence-corrected chi connectivity index (χ4v) is 4.70. The fraction of sp³-hybridized carbons (Fsp3) is 0.947. The highest BCUT2D eigenvalue weighted by atomic mass is 16.5. The number of carbonyl (C=O) groups is 1. The lowest BCUT2D eigenvalue weighted by atomic mass is 9.84. The Kier molecular flexibility index (Phi) is 5.60. The van der Waals surface area contributed by atoms with E-state index in [1.807, 2.05) is 0 Å². The third-order valence-electron chi connectivity index (χ3n) is 6.77. The Bertz CT molecular complexity index is 454. The molecule has 3 saturated heterocycles. The molecule has 3 heterocycles. The first-order chi connectivity index (χ1) is 12.2. The van der Waals surface area contributed by atoms with E-state index >= 15 is 0 Å². The summed E-state index contributed by atoms with van der Waals surface area (Å²) in [7, 11) is 2.21. The number of piperidine rings is 1. The van der Waals surface area contributed by atoms with E-state index in [0.717, 1.165) is 78.2 Å². The van der Waals surface area contributed by atoms with Gasteiger partial charge in [0.25, 0.3) is 0 Å². The quantitative estimate of drug-likeness (QED) is 0.794. The zero-order chi connectivity index (χ0) is 17.2. The molecular weight excluding hydrogens is 316 g/mol. The van der Waals surface area contributed by atoms with Gasteiger partial charge in [-0.05, 0) is 32.7 Å². The summed E-state index contributed by atoms with van der Waals surface area (Å²) in [6.07, 6.45) is 5.64. The van der Waals surface area contributed by atoms with Crippen molar-refractivity contribution in [2.75, 3.05) is 59.5 Å². The van der Waals surface area contributed by atoms with Crippen molar-refractivity contribution in [2.24, 2.45) is 5.92 Å². The molecular formula is C19H34N4O2. The van der Waals surface area contributed by atoms with Gasteiger partial charge in [0.05, 0.1) is 19.3 Å². The highest BCUT2D eigenvalue weighted by Gasteiger charge is 2.37. The van der Waals surface area contributed by atoms with Crippen LogP contribution < -0.4 is 5.32 Å². The van der Waals surface area contributed by atoms with Gasteiger partial charge in [-0.3, -0.25) is 9.69 Å². The van der Waals surface area contributed by atoms with Gasteiger partial charge in [-0.1, -0.05) is 6.42 Å². The summed E-state index contributed by atoms with van der Waals surface area (Å²) in [5.41, 5.74) is 0. The average molecular weight is 351 g/mol. The second-order valence-corrected chi connectivity index (χ2v) is 8.44. The maximum Gasteiger partial charge on any atom is 0.225 e. The molecule has 142 valence electrons. The molecule has 0 spiro atoms. The van der Waals surface area contributed by atoms with E-state index in [2.05, 4.69) is 27.1 Å². The molecule has 4 aliphatic rings. The van der Waals surface area contributed by atoms with Gasteiger partial charge in [-0.2, -0.15) is 0 Å². The summed E-state index contributed by atoms with van der Waals surface area (Å²) in [6, 6.07) is 1.50. The number of carbonyl (C=O) groups excluding carboxylic acids is 1. The van der Waals surface area contributed by atoms with Crippen LogP contribution in [-0.2, 0) is 9.53 Å². The van der Waals surface area contributed by atoms with Crippen molar-refractivity contribution in [1.82, 2.24) is 20.0 Å². The first-order valence-electron chi connectivity index (χ1n) is 10.3. The SMILES string of the molecule is CN1CCN([C@H]2COC[C@@H]2NC2CCN(C(=O)C3CCC3)CC2)CC1. The average Bonchev–Trinajstić information content (AvgIpc) is 3.03. The zero-order valence-corrected chi connectivity index (χ0v) is 15.7. The molecule has 2 atom stereocenters. The summed E-state index contributed by atoms with van der Waals surface area (Å²) in [4.78, 5) is 19.5. The standard InChI is InChI=1S/C19H34N4O2/c1-21-9-11-22(12-10-21)18-14-25-13-17(18)20-16-5-7-23(8-6-16)19(24)15-3-2-4-15/h15-18,20H,2-14H2,1H3/t17-,18-/m0/s1. The number of rotatable bonds is 4. The third kappa shape index (κ3) is 4.02. The summed E-state index contributed by atoms with van der Waals surface area (Å²) in [5, 5.41) is 3.87. The second kappa shape index (κ2) is 7.91. The minimum atomic E-state index is 0.342. The van der Waals surface area contributed by atoms with Crippen LogP contribution in [0, 0.1) is 5.92 Å². The second-order valence-electron chi connectivity index (χ2n) is 8.44. The van der Waals surface area contributed by atoms with E-state index in [0.29, 0.717) is 30.0 Å². The van der Waals surface area contributed by atoms with Gasteiger partial charge in [-0.15, -0.1) is 0 Å². The van der Waals surface area contributed by atoms with Crippen LogP contribution in [0.25, 0.3) is 0 Å². The topological polar surface area (TPSA) is 48.1 Å². The molecule has 1 aliphatic carbocycles. The van der Waals surface area contributed by atoms with E-state index in [-0.39, 0.29) is 0 Å². The van der Waals surface area contributed by atoms with Crippen LogP contribution >= 0.6 is 0 Å². The molecule has 4 rings (SSSR count). The zero-order valence-electron chi connectivity index (χ0n) is 15.7. The molecule has 0 radical (unpaired) electrons. The van der Waals surface area contributed by atoms with Crippen LogP contribution in [0.4, 0.5) is 0 Å². The predicted octanol–water partition coefficient (Wildman–Crippen LogP) is 0.382. The van der Waals surface area contributed by atoms with Crippen LogP contribution in [0.3, 0.4) is 0 Å². The first-order valence-corrected chi connectivity index (χ1v) is 10.3. The minimum absolute atomic E-state index is 0.342. The highest BCUT2D eigenvalue weighted by molar-refractivity contribution is 5.79.